The van der Waals surface area contributed by atoms with Gasteiger partial charge in [0.1, 0.15) is 0 Å². The van der Waals surface area contributed by atoms with Crippen LogP contribution in [0.2, 0.25) is 0 Å². The molecule has 2 aliphatic heterocycles. The average molecular weight is 400 g/mol. The molecule has 7 heteroatoms. The molecule has 1 amide bonds. The van der Waals surface area contributed by atoms with Gasteiger partial charge >= 0.3 is 0 Å². The number of piperazine rings is 1. The van der Waals surface area contributed by atoms with E-state index in [2.05, 4.69) is 16.3 Å². The molecule has 2 aliphatic rings. The summed E-state index contributed by atoms with van der Waals surface area (Å²) in [6.45, 7) is 6.03. The van der Waals surface area contributed by atoms with E-state index in [0.717, 1.165) is 34.5 Å². The number of amides is 1. The van der Waals surface area contributed by atoms with E-state index in [1.54, 1.807) is 10.4 Å². The third-order valence-electron chi connectivity index (χ3n) is 5.54. The molecule has 0 saturated carbocycles. The molecule has 2 heterocycles. The Morgan fingerprint density at radius 3 is 2.39 bits per heavy atom. The number of carbonyl (C=O) groups is 1. The van der Waals surface area contributed by atoms with Crippen LogP contribution in [0.3, 0.4) is 0 Å². The first-order valence-electron chi connectivity index (χ1n) is 9.60. The molecule has 0 aromatic heterocycles. The van der Waals surface area contributed by atoms with Crippen molar-refractivity contribution < 1.29 is 13.2 Å². The van der Waals surface area contributed by atoms with Crippen molar-refractivity contribution in [1.82, 2.24) is 4.31 Å². The second-order valence-corrected chi connectivity index (χ2v) is 9.46. The van der Waals surface area contributed by atoms with Gasteiger partial charge in [0.25, 0.3) is 0 Å². The van der Waals surface area contributed by atoms with Crippen LogP contribution in [0, 0.1) is 13.8 Å². The number of benzene rings is 2. The van der Waals surface area contributed by atoms with E-state index in [1.807, 2.05) is 38.1 Å². The van der Waals surface area contributed by atoms with Crippen LogP contribution >= 0.6 is 0 Å². The molecule has 2 aromatic carbocycles. The molecule has 28 heavy (non-hydrogen) atoms. The maximum absolute atomic E-state index is 13.1. The maximum atomic E-state index is 13.1. The van der Waals surface area contributed by atoms with Crippen LogP contribution < -0.4 is 10.2 Å². The van der Waals surface area contributed by atoms with Crippen molar-refractivity contribution in [2.45, 2.75) is 31.6 Å². The van der Waals surface area contributed by atoms with E-state index in [1.165, 1.54) is 0 Å². The number of carbonyl (C=O) groups excluding carboxylic acids is 1. The zero-order valence-electron chi connectivity index (χ0n) is 16.2. The number of fused-ring (bicyclic) bond motifs is 1. The first-order valence-corrected chi connectivity index (χ1v) is 11.0. The van der Waals surface area contributed by atoms with Gasteiger partial charge in [-0.1, -0.05) is 17.7 Å². The molecular formula is C21H25N3O3S. The lowest BCUT2D eigenvalue weighted by atomic mass is 10.0. The standard InChI is InChI=1S/C21H25N3O3S/c1-15-3-7-20(16(2)13-15)28(26,27)24-11-9-23(10-12-24)18-5-6-19-17(14-18)4-8-21(25)22-19/h3,5-7,13-14H,4,8-12H2,1-2H3,(H,22,25). The van der Waals surface area contributed by atoms with Crippen LogP contribution in [-0.2, 0) is 21.2 Å². The molecule has 1 saturated heterocycles. The highest BCUT2D eigenvalue weighted by atomic mass is 32.2. The van der Waals surface area contributed by atoms with Crippen molar-refractivity contribution in [2.24, 2.45) is 0 Å². The number of nitrogens with zero attached hydrogens (tertiary/aromatic N) is 2. The van der Waals surface area contributed by atoms with Crippen LogP contribution in [-0.4, -0.2) is 44.8 Å². The molecule has 4 rings (SSSR count). The highest BCUT2D eigenvalue weighted by Gasteiger charge is 2.30. The van der Waals surface area contributed by atoms with Crippen LogP contribution in [0.1, 0.15) is 23.1 Å². The van der Waals surface area contributed by atoms with Crippen molar-refractivity contribution in [1.29, 1.82) is 0 Å². The fraction of sp³-hybridized carbons (Fsp3) is 0.381. The topological polar surface area (TPSA) is 69.7 Å². The summed E-state index contributed by atoms with van der Waals surface area (Å²) in [5.41, 5.74) is 4.96. The lowest BCUT2D eigenvalue weighted by Gasteiger charge is -2.36. The third-order valence-corrected chi connectivity index (χ3v) is 7.60. The number of hydrogen-bond donors (Lipinski definition) is 1. The number of sulfonamides is 1. The highest BCUT2D eigenvalue weighted by Crippen LogP contribution is 2.29. The monoisotopic (exact) mass is 399 g/mol. The zero-order chi connectivity index (χ0) is 19.9. The summed E-state index contributed by atoms with van der Waals surface area (Å²) < 4.78 is 27.7. The van der Waals surface area contributed by atoms with E-state index in [4.69, 9.17) is 0 Å². The molecule has 148 valence electrons. The van der Waals surface area contributed by atoms with E-state index in [0.29, 0.717) is 37.5 Å². The summed E-state index contributed by atoms with van der Waals surface area (Å²) in [6.07, 6.45) is 1.26. The molecule has 0 bridgehead atoms. The van der Waals surface area contributed by atoms with Gasteiger partial charge in [0, 0.05) is 44.0 Å². The van der Waals surface area contributed by atoms with Gasteiger partial charge < -0.3 is 10.2 Å². The van der Waals surface area contributed by atoms with Gasteiger partial charge in [0.15, 0.2) is 0 Å². The lowest BCUT2D eigenvalue weighted by Crippen LogP contribution is -2.48. The number of anilines is 2. The Balaban J connectivity index is 1.48. The van der Waals surface area contributed by atoms with E-state index < -0.39 is 10.0 Å². The Hall–Kier alpha value is -2.38. The summed E-state index contributed by atoms with van der Waals surface area (Å²) in [6, 6.07) is 11.5. The van der Waals surface area contributed by atoms with Gasteiger partial charge in [-0.2, -0.15) is 4.31 Å². The Kier molecular flexibility index (Phi) is 4.89. The van der Waals surface area contributed by atoms with Gasteiger partial charge in [0.05, 0.1) is 4.90 Å². The number of hydrogen-bond acceptors (Lipinski definition) is 4. The Morgan fingerprint density at radius 1 is 0.929 bits per heavy atom. The lowest BCUT2D eigenvalue weighted by molar-refractivity contribution is -0.116. The zero-order valence-corrected chi connectivity index (χ0v) is 17.1. The largest absolute Gasteiger partial charge is 0.369 e. The third kappa shape index (κ3) is 3.52. The summed E-state index contributed by atoms with van der Waals surface area (Å²) in [5, 5.41) is 2.90. The molecule has 6 nitrogen and oxygen atoms in total. The first-order chi connectivity index (χ1) is 13.3. The predicted octanol–water partition coefficient (Wildman–Crippen LogP) is 2.70. The SMILES string of the molecule is Cc1ccc(S(=O)(=O)N2CCN(c3ccc4c(c3)CCC(=O)N4)CC2)c(C)c1. The summed E-state index contributed by atoms with van der Waals surface area (Å²) >= 11 is 0. The number of nitrogens with one attached hydrogen (secondary N) is 1. The van der Waals surface area contributed by atoms with E-state index >= 15 is 0 Å². The Bertz CT molecular complexity index is 1030. The van der Waals surface area contributed by atoms with Crippen LogP contribution in [0.15, 0.2) is 41.3 Å². The van der Waals surface area contributed by atoms with Crippen LogP contribution in [0.4, 0.5) is 11.4 Å². The molecule has 0 radical (unpaired) electrons. The van der Waals surface area contributed by atoms with Gasteiger partial charge in [-0.25, -0.2) is 8.42 Å². The van der Waals surface area contributed by atoms with Crippen molar-refractivity contribution in [3.8, 4) is 0 Å². The van der Waals surface area contributed by atoms with Crippen LogP contribution in [0.5, 0.6) is 0 Å². The molecule has 1 N–H and O–H groups in total. The highest BCUT2D eigenvalue weighted by molar-refractivity contribution is 7.89. The number of aryl methyl sites for hydroxylation is 3. The van der Waals surface area contributed by atoms with Gasteiger partial charge in [-0.3, -0.25) is 4.79 Å². The minimum absolute atomic E-state index is 0.0606. The van der Waals surface area contributed by atoms with Gasteiger partial charge in [-0.15, -0.1) is 0 Å². The molecule has 0 unspecified atom stereocenters. The van der Waals surface area contributed by atoms with Gasteiger partial charge in [-0.05, 0) is 55.7 Å². The molecule has 0 aliphatic carbocycles. The minimum atomic E-state index is -3.48. The normalized spacial score (nSPS) is 17.9. The second-order valence-electron chi connectivity index (χ2n) is 7.55. The van der Waals surface area contributed by atoms with Crippen molar-refractivity contribution in [3.05, 3.63) is 53.1 Å². The summed E-state index contributed by atoms with van der Waals surface area (Å²) in [4.78, 5) is 14.1. The molecule has 0 spiro atoms. The van der Waals surface area contributed by atoms with Crippen molar-refractivity contribution in [2.75, 3.05) is 36.4 Å². The first kappa shape index (κ1) is 19.0. The quantitative estimate of drug-likeness (QED) is 0.862. The predicted molar refractivity (Wildman–Crippen MR) is 110 cm³/mol. The van der Waals surface area contributed by atoms with Crippen molar-refractivity contribution in [3.63, 3.8) is 0 Å². The second kappa shape index (κ2) is 7.22. The van der Waals surface area contributed by atoms with E-state index in [-0.39, 0.29) is 5.91 Å². The Morgan fingerprint density at radius 2 is 1.68 bits per heavy atom. The fourth-order valence-electron chi connectivity index (χ4n) is 3.98. The summed E-state index contributed by atoms with van der Waals surface area (Å²) in [5.74, 6) is 0.0606. The minimum Gasteiger partial charge on any atom is -0.369 e. The van der Waals surface area contributed by atoms with Gasteiger partial charge in [0.2, 0.25) is 15.9 Å². The molecule has 2 aromatic rings. The average Bonchev–Trinajstić information content (AvgIpc) is 2.67. The van der Waals surface area contributed by atoms with Crippen molar-refractivity contribution >= 4 is 27.3 Å². The number of rotatable bonds is 3. The van der Waals surface area contributed by atoms with E-state index in [9.17, 15) is 13.2 Å². The van der Waals surface area contributed by atoms with Crippen LogP contribution in [0.25, 0.3) is 0 Å². The summed E-state index contributed by atoms with van der Waals surface area (Å²) in [7, 11) is -3.48. The smallest absolute Gasteiger partial charge is 0.243 e. The fourth-order valence-corrected chi connectivity index (χ4v) is 5.61. The Labute approximate surface area is 166 Å². The maximum Gasteiger partial charge on any atom is 0.243 e. The molecule has 1 fully saturated rings. The molecule has 0 atom stereocenters. The molecular weight excluding hydrogens is 374 g/mol.